The molecule has 0 aromatic heterocycles. The number of amides is 1. The normalized spacial score (nSPS) is 14.6. The summed E-state index contributed by atoms with van der Waals surface area (Å²) >= 11 is 0. The number of hydrogen-bond acceptors (Lipinski definition) is 5. The van der Waals surface area contributed by atoms with Gasteiger partial charge in [-0.05, 0) is 37.1 Å². The van der Waals surface area contributed by atoms with Gasteiger partial charge >= 0.3 is 0 Å². The lowest BCUT2D eigenvalue weighted by atomic mass is 10.2. The van der Waals surface area contributed by atoms with Crippen LogP contribution in [0.2, 0.25) is 0 Å². The summed E-state index contributed by atoms with van der Waals surface area (Å²) in [6.45, 7) is 2.28. The van der Waals surface area contributed by atoms with Crippen LogP contribution in [-0.4, -0.2) is 25.8 Å². The van der Waals surface area contributed by atoms with E-state index < -0.39 is 14.9 Å². The van der Waals surface area contributed by atoms with Crippen LogP contribution in [0.3, 0.4) is 0 Å². The van der Waals surface area contributed by atoms with Gasteiger partial charge in [0.2, 0.25) is 15.9 Å². The number of nitrogens with zero attached hydrogens (tertiary/aromatic N) is 2. The molecule has 1 aliphatic heterocycles. The predicted molar refractivity (Wildman–Crippen MR) is 99.9 cm³/mol. The molecule has 1 heterocycles. The van der Waals surface area contributed by atoms with Crippen LogP contribution < -0.4 is 9.62 Å². The van der Waals surface area contributed by atoms with Crippen molar-refractivity contribution >= 4 is 27.3 Å². The fraction of sp³-hybridized carbons (Fsp3) is 0.278. The summed E-state index contributed by atoms with van der Waals surface area (Å²) in [5, 5.41) is 11.0. The zero-order valence-electron chi connectivity index (χ0n) is 14.7. The van der Waals surface area contributed by atoms with Gasteiger partial charge in [0.05, 0.1) is 9.82 Å². The van der Waals surface area contributed by atoms with Gasteiger partial charge in [0.25, 0.3) is 5.69 Å². The number of hydrogen-bond donors (Lipinski definition) is 1. The molecule has 0 bridgehead atoms. The van der Waals surface area contributed by atoms with Crippen molar-refractivity contribution in [3.05, 3.63) is 63.7 Å². The van der Waals surface area contributed by atoms with Crippen molar-refractivity contribution in [2.24, 2.45) is 0 Å². The monoisotopic (exact) mass is 389 g/mol. The second-order valence-corrected chi connectivity index (χ2v) is 8.11. The quantitative estimate of drug-likeness (QED) is 0.603. The summed E-state index contributed by atoms with van der Waals surface area (Å²) in [4.78, 5) is 23.7. The average molecular weight is 389 g/mol. The predicted octanol–water partition coefficient (Wildman–Crippen LogP) is 2.51. The van der Waals surface area contributed by atoms with E-state index >= 15 is 0 Å². The van der Waals surface area contributed by atoms with E-state index in [-0.39, 0.29) is 23.0 Å². The van der Waals surface area contributed by atoms with Crippen LogP contribution in [0.1, 0.15) is 24.0 Å². The number of anilines is 1. The largest absolute Gasteiger partial charge is 0.312 e. The Labute approximate surface area is 157 Å². The van der Waals surface area contributed by atoms with Crippen LogP contribution in [-0.2, 0) is 21.4 Å². The number of benzene rings is 2. The Hall–Kier alpha value is -2.78. The zero-order chi connectivity index (χ0) is 19.6. The van der Waals surface area contributed by atoms with Crippen molar-refractivity contribution < 1.29 is 18.1 Å². The summed E-state index contributed by atoms with van der Waals surface area (Å²) in [5.74, 6) is 0.0874. The Morgan fingerprint density at radius 3 is 2.48 bits per heavy atom. The van der Waals surface area contributed by atoms with E-state index in [1.807, 2.05) is 0 Å². The first-order valence-electron chi connectivity index (χ1n) is 8.42. The van der Waals surface area contributed by atoms with Gasteiger partial charge in [-0.15, -0.1) is 0 Å². The number of carbonyl (C=O) groups excluding carboxylic acids is 1. The van der Waals surface area contributed by atoms with Gasteiger partial charge in [-0.2, -0.15) is 0 Å². The van der Waals surface area contributed by atoms with E-state index in [1.165, 1.54) is 12.1 Å². The van der Waals surface area contributed by atoms with E-state index in [9.17, 15) is 23.3 Å². The first-order valence-corrected chi connectivity index (χ1v) is 9.90. The van der Waals surface area contributed by atoms with Crippen LogP contribution >= 0.6 is 0 Å². The molecule has 9 heteroatoms. The number of carbonyl (C=O) groups is 1. The topological polar surface area (TPSA) is 110 Å². The molecule has 3 rings (SSSR count). The van der Waals surface area contributed by atoms with Gasteiger partial charge in [0.1, 0.15) is 0 Å². The standard InChI is InChI=1S/C18H19N3O5S/c1-13-4-9-16(11-17(13)21(23)24)27(25,26)19-12-14-5-7-15(8-6-14)20-10-2-3-18(20)22/h4-9,11,19H,2-3,10,12H2,1H3. The Bertz CT molecular complexity index is 987. The number of sulfonamides is 1. The lowest BCUT2D eigenvalue weighted by Gasteiger charge is -2.16. The maximum atomic E-state index is 12.4. The Balaban J connectivity index is 1.71. The molecule has 0 unspecified atom stereocenters. The minimum Gasteiger partial charge on any atom is -0.312 e. The highest BCUT2D eigenvalue weighted by molar-refractivity contribution is 7.89. The zero-order valence-corrected chi connectivity index (χ0v) is 15.5. The van der Waals surface area contributed by atoms with Gasteiger partial charge in [0.15, 0.2) is 0 Å². The third-order valence-electron chi connectivity index (χ3n) is 4.48. The minimum atomic E-state index is -3.88. The smallest absolute Gasteiger partial charge is 0.273 e. The fourth-order valence-electron chi connectivity index (χ4n) is 2.93. The van der Waals surface area contributed by atoms with Crippen molar-refractivity contribution in [3.63, 3.8) is 0 Å². The van der Waals surface area contributed by atoms with Crippen molar-refractivity contribution in [2.75, 3.05) is 11.4 Å². The van der Waals surface area contributed by atoms with E-state index in [4.69, 9.17) is 0 Å². The molecular formula is C18H19N3O5S. The SMILES string of the molecule is Cc1ccc(S(=O)(=O)NCc2ccc(N3CCCC3=O)cc2)cc1[N+](=O)[O-]. The summed E-state index contributed by atoms with van der Waals surface area (Å²) < 4.78 is 27.3. The Morgan fingerprint density at radius 2 is 1.89 bits per heavy atom. The van der Waals surface area contributed by atoms with Gasteiger partial charge in [-0.3, -0.25) is 14.9 Å². The number of rotatable bonds is 6. The molecule has 1 aliphatic rings. The van der Waals surface area contributed by atoms with E-state index in [2.05, 4.69) is 4.72 Å². The molecule has 0 atom stereocenters. The van der Waals surface area contributed by atoms with Crippen LogP contribution in [0.5, 0.6) is 0 Å². The molecule has 1 saturated heterocycles. The van der Waals surface area contributed by atoms with Gasteiger partial charge in [-0.1, -0.05) is 18.2 Å². The van der Waals surface area contributed by atoms with Gasteiger partial charge < -0.3 is 4.90 Å². The highest BCUT2D eigenvalue weighted by Gasteiger charge is 2.22. The second-order valence-electron chi connectivity index (χ2n) is 6.35. The van der Waals surface area contributed by atoms with Gasteiger partial charge in [-0.25, -0.2) is 13.1 Å². The van der Waals surface area contributed by atoms with E-state index in [0.29, 0.717) is 18.5 Å². The molecule has 2 aromatic rings. The Morgan fingerprint density at radius 1 is 1.19 bits per heavy atom. The van der Waals surface area contributed by atoms with E-state index in [1.54, 1.807) is 36.1 Å². The third-order valence-corrected chi connectivity index (χ3v) is 5.87. The summed E-state index contributed by atoms with van der Waals surface area (Å²) in [6.07, 6.45) is 1.38. The minimum absolute atomic E-state index is 0.0399. The highest BCUT2D eigenvalue weighted by atomic mass is 32.2. The van der Waals surface area contributed by atoms with Crippen LogP contribution in [0.25, 0.3) is 0 Å². The van der Waals surface area contributed by atoms with Crippen molar-refractivity contribution in [2.45, 2.75) is 31.2 Å². The first kappa shape index (κ1) is 19.0. The van der Waals surface area contributed by atoms with E-state index in [0.717, 1.165) is 23.7 Å². The van der Waals surface area contributed by atoms with Crippen molar-refractivity contribution in [1.82, 2.24) is 4.72 Å². The maximum Gasteiger partial charge on any atom is 0.273 e. The van der Waals surface area contributed by atoms with Gasteiger partial charge in [0, 0.05) is 36.8 Å². The van der Waals surface area contributed by atoms with Crippen molar-refractivity contribution in [1.29, 1.82) is 0 Å². The number of aryl methyl sites for hydroxylation is 1. The van der Waals surface area contributed by atoms with Crippen LogP contribution in [0.4, 0.5) is 11.4 Å². The molecule has 0 saturated carbocycles. The summed E-state index contributed by atoms with van der Waals surface area (Å²) in [5.41, 5.74) is 1.66. The fourth-order valence-corrected chi connectivity index (χ4v) is 3.97. The molecule has 27 heavy (non-hydrogen) atoms. The van der Waals surface area contributed by atoms with Crippen LogP contribution in [0, 0.1) is 17.0 Å². The van der Waals surface area contributed by atoms with Crippen molar-refractivity contribution in [3.8, 4) is 0 Å². The molecule has 1 fully saturated rings. The second kappa shape index (κ2) is 7.45. The number of nitrogens with one attached hydrogen (secondary N) is 1. The Kier molecular flexibility index (Phi) is 5.24. The molecule has 1 N–H and O–H groups in total. The molecule has 1 amide bonds. The molecular weight excluding hydrogens is 370 g/mol. The highest BCUT2D eigenvalue weighted by Crippen LogP contribution is 2.23. The first-order chi connectivity index (χ1) is 12.8. The summed E-state index contributed by atoms with van der Waals surface area (Å²) in [6, 6.07) is 10.9. The third kappa shape index (κ3) is 4.15. The molecule has 8 nitrogen and oxygen atoms in total. The molecule has 0 spiro atoms. The van der Waals surface area contributed by atoms with Crippen LogP contribution in [0.15, 0.2) is 47.4 Å². The molecule has 0 radical (unpaired) electrons. The lowest BCUT2D eigenvalue weighted by Crippen LogP contribution is -2.24. The number of nitro benzene ring substituents is 1. The maximum absolute atomic E-state index is 12.4. The molecule has 2 aromatic carbocycles. The summed E-state index contributed by atoms with van der Waals surface area (Å²) in [7, 11) is -3.88. The molecule has 0 aliphatic carbocycles. The average Bonchev–Trinajstić information content (AvgIpc) is 3.06. The lowest BCUT2D eigenvalue weighted by molar-refractivity contribution is -0.385. The number of nitro groups is 1. The molecule has 142 valence electrons.